The van der Waals surface area contributed by atoms with Crippen LogP contribution >= 0.6 is 34.1 Å². The predicted molar refractivity (Wildman–Crippen MR) is 45.9 cm³/mol. The van der Waals surface area contributed by atoms with Gasteiger partial charge in [0.1, 0.15) is 0 Å². The summed E-state index contributed by atoms with van der Waals surface area (Å²) in [7, 11) is 0. The second-order valence-corrected chi connectivity index (χ2v) is 3.18. The minimum absolute atomic E-state index is 0.420. The number of hydrogen-bond donors (Lipinski definition) is 0. The maximum absolute atomic E-state index is 5.10. The van der Waals surface area contributed by atoms with Gasteiger partial charge in [-0.05, 0) is 11.5 Å². The molecule has 0 unspecified atom stereocenters. The van der Waals surface area contributed by atoms with E-state index in [4.69, 9.17) is 4.42 Å². The molecule has 0 aliphatic rings. The molecule has 2 rings (SSSR count). The molecule has 2 aromatic rings. The Labute approximate surface area is 79.1 Å². The Morgan fingerprint density at radius 3 is 2.82 bits per heavy atom. The van der Waals surface area contributed by atoms with Crippen molar-refractivity contribution < 1.29 is 4.42 Å². The molecule has 0 aromatic carbocycles. The van der Waals surface area contributed by atoms with Gasteiger partial charge in [0.05, 0.1) is 0 Å². The van der Waals surface area contributed by atoms with Gasteiger partial charge in [-0.25, -0.2) is 0 Å². The van der Waals surface area contributed by atoms with Gasteiger partial charge in [-0.2, -0.15) is 0 Å². The Kier molecular flexibility index (Phi) is 1.82. The van der Waals surface area contributed by atoms with Crippen molar-refractivity contribution in [2.75, 3.05) is 0 Å². The standard InChI is InChI=1S/C4HIN4OS/c5-4-8-7-3(10-4)2-1-11-9-6-2/h1H. The smallest absolute Gasteiger partial charge is 0.278 e. The lowest BCUT2D eigenvalue weighted by atomic mass is 10.5. The average Bonchev–Trinajstić information content (AvgIpc) is 2.55. The van der Waals surface area contributed by atoms with Crippen LogP contribution in [-0.4, -0.2) is 19.8 Å². The number of rotatable bonds is 1. The van der Waals surface area contributed by atoms with Crippen LogP contribution in [0.25, 0.3) is 11.6 Å². The van der Waals surface area contributed by atoms with E-state index in [1.165, 1.54) is 11.5 Å². The Morgan fingerprint density at radius 1 is 1.36 bits per heavy atom. The fourth-order valence-corrected chi connectivity index (χ4v) is 1.31. The van der Waals surface area contributed by atoms with Crippen molar-refractivity contribution in [1.82, 2.24) is 19.8 Å². The molecular weight excluding hydrogens is 279 g/mol. The Bertz CT molecular complexity index is 345. The van der Waals surface area contributed by atoms with Crippen LogP contribution in [0.15, 0.2) is 9.80 Å². The molecular formula is C4HIN4OS. The third-order valence-corrected chi connectivity index (χ3v) is 1.92. The number of aromatic nitrogens is 4. The highest BCUT2D eigenvalue weighted by atomic mass is 127. The van der Waals surface area contributed by atoms with Gasteiger partial charge < -0.3 is 4.42 Å². The molecule has 0 atom stereocenters. The van der Waals surface area contributed by atoms with Crippen LogP contribution in [0.5, 0.6) is 0 Å². The maximum atomic E-state index is 5.10. The van der Waals surface area contributed by atoms with Crippen LogP contribution in [-0.2, 0) is 0 Å². The van der Waals surface area contributed by atoms with Crippen LogP contribution in [0, 0.1) is 3.90 Å². The Hall–Kier alpha value is -0.570. The Morgan fingerprint density at radius 2 is 2.27 bits per heavy atom. The minimum Gasteiger partial charge on any atom is -0.410 e. The normalized spacial score (nSPS) is 10.3. The highest BCUT2D eigenvalue weighted by molar-refractivity contribution is 14.1. The summed E-state index contributed by atoms with van der Waals surface area (Å²) in [6.07, 6.45) is 0. The molecule has 11 heavy (non-hydrogen) atoms. The molecule has 7 heteroatoms. The quantitative estimate of drug-likeness (QED) is 0.734. The largest absolute Gasteiger partial charge is 0.410 e. The molecule has 0 aliphatic heterocycles. The van der Waals surface area contributed by atoms with E-state index in [1.807, 2.05) is 22.6 Å². The lowest BCUT2D eigenvalue weighted by molar-refractivity contribution is 0.535. The fraction of sp³-hybridized carbons (Fsp3) is 0. The SMILES string of the molecule is Ic1nnc(-c2csnn2)o1. The van der Waals surface area contributed by atoms with Gasteiger partial charge in [-0.1, -0.05) is 4.49 Å². The van der Waals surface area contributed by atoms with Crippen molar-refractivity contribution in [2.45, 2.75) is 0 Å². The van der Waals surface area contributed by atoms with Gasteiger partial charge in [-0.15, -0.1) is 15.3 Å². The summed E-state index contributed by atoms with van der Waals surface area (Å²) in [5.74, 6) is 0.420. The zero-order valence-corrected chi connectivity index (χ0v) is 8.03. The number of nitrogens with zero attached hydrogens (tertiary/aromatic N) is 4. The third kappa shape index (κ3) is 1.38. The van der Waals surface area contributed by atoms with E-state index >= 15 is 0 Å². The van der Waals surface area contributed by atoms with Gasteiger partial charge in [0, 0.05) is 28.0 Å². The minimum atomic E-state index is 0.420. The van der Waals surface area contributed by atoms with Gasteiger partial charge in [0.25, 0.3) is 9.79 Å². The van der Waals surface area contributed by atoms with E-state index in [9.17, 15) is 0 Å². The lowest BCUT2D eigenvalue weighted by Crippen LogP contribution is -1.76. The van der Waals surface area contributed by atoms with E-state index in [0.717, 1.165) is 0 Å². The first kappa shape index (κ1) is 7.10. The summed E-state index contributed by atoms with van der Waals surface area (Å²) in [6, 6.07) is 0. The first-order valence-electron chi connectivity index (χ1n) is 2.63. The molecule has 0 spiro atoms. The van der Waals surface area contributed by atoms with Crippen molar-refractivity contribution >= 4 is 34.1 Å². The average molecular weight is 280 g/mol. The summed E-state index contributed by atoms with van der Waals surface area (Å²) >= 11 is 3.19. The van der Waals surface area contributed by atoms with Crippen molar-refractivity contribution in [3.8, 4) is 11.6 Å². The molecule has 2 heterocycles. The molecule has 0 saturated heterocycles. The van der Waals surface area contributed by atoms with E-state index in [2.05, 4.69) is 19.8 Å². The molecule has 0 bridgehead atoms. The zero-order chi connectivity index (χ0) is 7.68. The van der Waals surface area contributed by atoms with E-state index in [1.54, 1.807) is 5.38 Å². The van der Waals surface area contributed by atoms with Crippen LogP contribution in [0.1, 0.15) is 0 Å². The van der Waals surface area contributed by atoms with E-state index in [-0.39, 0.29) is 0 Å². The van der Waals surface area contributed by atoms with Gasteiger partial charge >= 0.3 is 0 Å². The molecule has 0 radical (unpaired) electrons. The van der Waals surface area contributed by atoms with Crippen molar-refractivity contribution in [3.63, 3.8) is 0 Å². The molecule has 0 amide bonds. The second-order valence-electron chi connectivity index (χ2n) is 1.65. The van der Waals surface area contributed by atoms with Crippen LogP contribution in [0.3, 0.4) is 0 Å². The first-order chi connectivity index (χ1) is 5.36. The van der Waals surface area contributed by atoms with Gasteiger partial charge in [0.15, 0.2) is 5.69 Å². The van der Waals surface area contributed by atoms with Gasteiger partial charge in [-0.3, -0.25) is 0 Å². The third-order valence-electron chi connectivity index (χ3n) is 0.979. The molecule has 5 nitrogen and oxygen atoms in total. The number of halogens is 1. The predicted octanol–water partition coefficient (Wildman–Crippen LogP) is 1.19. The molecule has 0 N–H and O–H groups in total. The van der Waals surface area contributed by atoms with Crippen molar-refractivity contribution in [2.24, 2.45) is 0 Å². The monoisotopic (exact) mass is 280 g/mol. The fourth-order valence-electron chi connectivity index (χ4n) is 0.567. The van der Waals surface area contributed by atoms with Crippen molar-refractivity contribution in [1.29, 1.82) is 0 Å². The van der Waals surface area contributed by atoms with Crippen LogP contribution in [0.4, 0.5) is 0 Å². The van der Waals surface area contributed by atoms with E-state index < -0.39 is 0 Å². The number of hydrogen-bond acceptors (Lipinski definition) is 6. The lowest BCUT2D eigenvalue weighted by Gasteiger charge is -1.79. The second kappa shape index (κ2) is 2.81. The topological polar surface area (TPSA) is 64.7 Å². The summed E-state index contributed by atoms with van der Waals surface area (Å²) in [5.41, 5.74) is 0.630. The summed E-state index contributed by atoms with van der Waals surface area (Å²) < 4.78 is 9.27. The molecule has 56 valence electrons. The first-order valence-corrected chi connectivity index (χ1v) is 4.54. The van der Waals surface area contributed by atoms with Crippen molar-refractivity contribution in [3.05, 3.63) is 9.28 Å². The highest BCUT2D eigenvalue weighted by Crippen LogP contribution is 2.15. The summed E-state index contributed by atoms with van der Waals surface area (Å²) in [4.78, 5) is 0. The molecule has 2 aromatic heterocycles. The van der Waals surface area contributed by atoms with Gasteiger partial charge in [0.2, 0.25) is 0 Å². The van der Waals surface area contributed by atoms with Crippen LogP contribution < -0.4 is 0 Å². The van der Waals surface area contributed by atoms with E-state index in [0.29, 0.717) is 15.5 Å². The Balaban J connectivity index is 2.45. The maximum Gasteiger partial charge on any atom is 0.278 e. The molecule has 0 fully saturated rings. The molecule has 0 aliphatic carbocycles. The zero-order valence-electron chi connectivity index (χ0n) is 5.06. The summed E-state index contributed by atoms with van der Waals surface area (Å²) in [5, 5.41) is 12.9. The molecule has 0 saturated carbocycles. The van der Waals surface area contributed by atoms with Crippen LogP contribution in [0.2, 0.25) is 0 Å². The highest BCUT2D eigenvalue weighted by Gasteiger charge is 2.07. The summed E-state index contributed by atoms with van der Waals surface area (Å²) in [6.45, 7) is 0.